The van der Waals surface area contributed by atoms with E-state index >= 15 is 0 Å². The number of nitrogens with zero attached hydrogens (tertiary/aromatic N) is 1. The maximum Gasteiger partial charge on any atom is 0.282 e. The smallest absolute Gasteiger partial charge is 0.282 e. The molecule has 3 aromatic rings. The van der Waals surface area contributed by atoms with E-state index in [2.05, 4.69) is 5.32 Å². The van der Waals surface area contributed by atoms with Gasteiger partial charge in [0.15, 0.2) is 0 Å². The van der Waals surface area contributed by atoms with Gasteiger partial charge in [-0.3, -0.25) is 9.59 Å². The highest BCUT2D eigenvalue weighted by Gasteiger charge is 2.41. The summed E-state index contributed by atoms with van der Waals surface area (Å²) in [5.41, 5.74) is 4.92. The van der Waals surface area contributed by atoms with Gasteiger partial charge in [-0.25, -0.2) is 4.90 Å². The van der Waals surface area contributed by atoms with Gasteiger partial charge in [0, 0.05) is 5.02 Å². The Kier molecular flexibility index (Phi) is 5.76. The third-order valence-corrected chi connectivity index (χ3v) is 5.99. The lowest BCUT2D eigenvalue weighted by atomic mass is 9.97. The van der Waals surface area contributed by atoms with E-state index in [0.29, 0.717) is 38.8 Å². The number of benzene rings is 3. The standard InChI is InChI=1S/C26H23ClN2O3/c1-15-12-13-18(16(2)14-15)23-24(28-20-9-5-6-11-22(20)32-4)26(31)29(25(23)30)21-10-7-8-19(27)17(21)3/h5-14,28H,1-4H3. The zero-order valence-electron chi connectivity index (χ0n) is 18.3. The number of imide groups is 1. The number of hydrogen-bond acceptors (Lipinski definition) is 4. The topological polar surface area (TPSA) is 58.6 Å². The zero-order chi connectivity index (χ0) is 23.0. The molecule has 0 bridgehead atoms. The minimum atomic E-state index is -0.443. The minimum absolute atomic E-state index is 0.200. The van der Waals surface area contributed by atoms with Crippen LogP contribution in [0.4, 0.5) is 11.4 Å². The predicted octanol–water partition coefficient (Wildman–Crippen LogP) is 5.67. The Bertz CT molecular complexity index is 1280. The normalized spacial score (nSPS) is 13.7. The second-order valence-corrected chi connectivity index (χ2v) is 8.13. The number of ether oxygens (including phenoxy) is 1. The lowest BCUT2D eigenvalue weighted by Crippen LogP contribution is -2.33. The number of amides is 2. The van der Waals surface area contributed by atoms with Crippen LogP contribution in [-0.4, -0.2) is 18.9 Å². The molecule has 1 heterocycles. The molecular weight excluding hydrogens is 424 g/mol. The molecule has 2 amide bonds. The molecule has 0 aliphatic carbocycles. The second-order valence-electron chi connectivity index (χ2n) is 7.72. The Balaban J connectivity index is 1.91. The molecule has 0 atom stereocenters. The van der Waals surface area contributed by atoms with Crippen molar-refractivity contribution in [3.8, 4) is 5.75 Å². The molecule has 1 N–H and O–H groups in total. The maximum absolute atomic E-state index is 13.7. The third kappa shape index (κ3) is 3.65. The molecule has 1 aliphatic heterocycles. The van der Waals surface area contributed by atoms with Crippen LogP contribution in [0.15, 0.2) is 66.4 Å². The Labute approximate surface area is 192 Å². The van der Waals surface area contributed by atoms with Crippen LogP contribution in [-0.2, 0) is 9.59 Å². The summed E-state index contributed by atoms with van der Waals surface area (Å²) in [6.07, 6.45) is 0. The first-order valence-electron chi connectivity index (χ1n) is 10.2. The molecule has 6 heteroatoms. The Morgan fingerprint density at radius 1 is 0.906 bits per heavy atom. The van der Waals surface area contributed by atoms with Crippen LogP contribution in [0.5, 0.6) is 5.75 Å². The van der Waals surface area contributed by atoms with E-state index in [1.165, 1.54) is 4.90 Å². The number of methoxy groups -OCH3 is 1. The summed E-state index contributed by atoms with van der Waals surface area (Å²) in [4.78, 5) is 28.5. The van der Waals surface area contributed by atoms with Gasteiger partial charge in [-0.15, -0.1) is 0 Å². The highest BCUT2D eigenvalue weighted by molar-refractivity contribution is 6.46. The zero-order valence-corrected chi connectivity index (χ0v) is 19.1. The van der Waals surface area contributed by atoms with Crippen molar-refractivity contribution in [3.63, 3.8) is 0 Å². The van der Waals surface area contributed by atoms with Crippen LogP contribution in [0, 0.1) is 20.8 Å². The van der Waals surface area contributed by atoms with Crippen molar-refractivity contribution in [3.05, 3.63) is 93.6 Å². The van der Waals surface area contributed by atoms with E-state index in [9.17, 15) is 9.59 Å². The maximum atomic E-state index is 13.7. The highest BCUT2D eigenvalue weighted by atomic mass is 35.5. The molecule has 162 valence electrons. The summed E-state index contributed by atoms with van der Waals surface area (Å²) in [5, 5.41) is 3.66. The number of aryl methyl sites for hydroxylation is 2. The summed E-state index contributed by atoms with van der Waals surface area (Å²) >= 11 is 6.29. The first-order chi connectivity index (χ1) is 15.3. The largest absolute Gasteiger partial charge is 0.495 e. The van der Waals surface area contributed by atoms with Gasteiger partial charge in [0.25, 0.3) is 11.8 Å². The molecule has 5 nitrogen and oxygen atoms in total. The number of nitrogens with one attached hydrogen (secondary N) is 1. The van der Waals surface area contributed by atoms with Gasteiger partial charge in [0.2, 0.25) is 0 Å². The fraction of sp³-hybridized carbons (Fsp3) is 0.154. The molecule has 0 saturated heterocycles. The summed E-state index contributed by atoms with van der Waals surface area (Å²) in [7, 11) is 1.56. The molecule has 3 aromatic carbocycles. The fourth-order valence-corrected chi connectivity index (χ4v) is 4.10. The van der Waals surface area contributed by atoms with E-state index in [1.54, 1.807) is 44.4 Å². The number of carbonyl (C=O) groups is 2. The number of anilines is 2. The average Bonchev–Trinajstić information content (AvgIpc) is 3.00. The van der Waals surface area contributed by atoms with Crippen molar-refractivity contribution < 1.29 is 14.3 Å². The molecule has 4 rings (SSSR count). The number of halogens is 1. The molecule has 0 spiro atoms. The van der Waals surface area contributed by atoms with Gasteiger partial charge in [-0.05, 0) is 61.7 Å². The van der Waals surface area contributed by atoms with Crippen LogP contribution in [0.1, 0.15) is 22.3 Å². The number of para-hydroxylation sites is 2. The highest BCUT2D eigenvalue weighted by Crippen LogP contribution is 2.38. The van der Waals surface area contributed by atoms with Crippen molar-refractivity contribution in [2.75, 3.05) is 17.3 Å². The van der Waals surface area contributed by atoms with Crippen LogP contribution in [0.2, 0.25) is 5.02 Å². The van der Waals surface area contributed by atoms with Gasteiger partial charge in [-0.2, -0.15) is 0 Å². The first kappa shape index (κ1) is 21.7. The van der Waals surface area contributed by atoms with E-state index < -0.39 is 11.8 Å². The van der Waals surface area contributed by atoms with Crippen LogP contribution in [0.25, 0.3) is 5.57 Å². The van der Waals surface area contributed by atoms with E-state index in [4.69, 9.17) is 16.3 Å². The lowest BCUT2D eigenvalue weighted by Gasteiger charge is -2.18. The Hall–Kier alpha value is -3.57. The van der Waals surface area contributed by atoms with Gasteiger partial charge in [0.05, 0.1) is 24.1 Å². The Morgan fingerprint density at radius 2 is 1.66 bits per heavy atom. The van der Waals surface area contributed by atoms with Gasteiger partial charge in [-0.1, -0.05) is 53.6 Å². The van der Waals surface area contributed by atoms with Gasteiger partial charge < -0.3 is 10.1 Å². The number of carbonyl (C=O) groups excluding carboxylic acids is 2. The molecule has 0 saturated carbocycles. The molecule has 0 unspecified atom stereocenters. The molecule has 1 aliphatic rings. The van der Waals surface area contributed by atoms with Crippen molar-refractivity contribution in [2.45, 2.75) is 20.8 Å². The lowest BCUT2D eigenvalue weighted by molar-refractivity contribution is -0.120. The SMILES string of the molecule is COc1ccccc1NC1=C(c2ccc(C)cc2C)C(=O)N(c2cccc(Cl)c2C)C1=O. The van der Waals surface area contributed by atoms with Gasteiger partial charge in [0.1, 0.15) is 11.4 Å². The van der Waals surface area contributed by atoms with Gasteiger partial charge >= 0.3 is 0 Å². The predicted molar refractivity (Wildman–Crippen MR) is 128 cm³/mol. The van der Waals surface area contributed by atoms with Crippen molar-refractivity contribution in [2.24, 2.45) is 0 Å². The average molecular weight is 447 g/mol. The fourth-order valence-electron chi connectivity index (χ4n) is 3.93. The second kappa shape index (κ2) is 8.52. The first-order valence-corrected chi connectivity index (χ1v) is 10.6. The van der Waals surface area contributed by atoms with E-state index in [1.807, 2.05) is 44.2 Å². The quantitative estimate of drug-likeness (QED) is 0.513. The summed E-state index contributed by atoms with van der Waals surface area (Å²) in [6.45, 7) is 5.71. The Morgan fingerprint density at radius 3 is 2.38 bits per heavy atom. The van der Waals surface area contributed by atoms with Crippen molar-refractivity contribution in [1.82, 2.24) is 0 Å². The molecule has 32 heavy (non-hydrogen) atoms. The number of rotatable bonds is 5. The van der Waals surface area contributed by atoms with Crippen molar-refractivity contribution in [1.29, 1.82) is 0 Å². The van der Waals surface area contributed by atoms with E-state index in [-0.39, 0.29) is 5.70 Å². The van der Waals surface area contributed by atoms with E-state index in [0.717, 1.165) is 11.1 Å². The molecule has 0 fully saturated rings. The molecular formula is C26H23ClN2O3. The summed E-state index contributed by atoms with van der Waals surface area (Å²) in [5.74, 6) is -0.274. The van der Waals surface area contributed by atoms with Crippen LogP contribution in [0.3, 0.4) is 0 Å². The minimum Gasteiger partial charge on any atom is -0.495 e. The van der Waals surface area contributed by atoms with Crippen LogP contribution >= 0.6 is 11.6 Å². The monoisotopic (exact) mass is 446 g/mol. The summed E-state index contributed by atoms with van der Waals surface area (Å²) in [6, 6.07) is 18.3. The summed E-state index contributed by atoms with van der Waals surface area (Å²) < 4.78 is 5.43. The van der Waals surface area contributed by atoms with Crippen molar-refractivity contribution >= 4 is 40.4 Å². The molecule has 0 aromatic heterocycles. The number of hydrogen-bond donors (Lipinski definition) is 1. The molecule has 0 radical (unpaired) electrons. The third-order valence-electron chi connectivity index (χ3n) is 5.58. The van der Waals surface area contributed by atoms with Crippen LogP contribution < -0.4 is 15.0 Å².